The Kier molecular flexibility index (Phi) is 26.1. The largest absolute Gasteiger partial charge is 0.486 e. The number of urea groups is 1. The number of benzene rings is 2. The summed E-state index contributed by atoms with van der Waals surface area (Å²) in [7, 11) is 0. The first-order valence-corrected chi connectivity index (χ1v) is 33.4. The van der Waals surface area contributed by atoms with E-state index in [4.69, 9.17) is 38.9 Å². The molecule has 0 bridgehead atoms. The standard InChI is InChI=1S/C71H95F2N5O17/c1-44(2)64(78-63(84)23-27-89-29-31-91-33-34-92-32-30-90-28-26-76-67(87)95-42-55-53-12-8-6-7-9-13-54(53)55)60(81)37-47(11-10-25-75-66(74)86)65(85)77-48-16-20-52(21-17-48)93-41-50(80)36-46-14-18-51(19-15-46)94-43-62(83)71(88)45(3)35-56-57-39-59(72)58-38-49(79)22-24-68(58,4)70(57,73)61(82)40-69(56,71)5/h14-22,24,38,44-45,47,53-57,59,61,64,82,88H,8-13,23,25-37,39-43H2,1-5H3,(H,76,87)(H,77,85)(H,78,84)(H3,74,75,86)/t45-,47-,53?,54?,55?,56+,57+,59+,61+,64+,68+,69+,70+,71+/m1/s1. The van der Waals surface area contributed by atoms with Gasteiger partial charge in [-0.25, -0.2) is 18.4 Å². The molecule has 2 aromatic rings. The van der Waals surface area contributed by atoms with Crippen LogP contribution < -0.4 is 36.5 Å². The number of halogens is 2. The number of hydrogen-bond acceptors (Lipinski definition) is 17. The van der Waals surface area contributed by atoms with Gasteiger partial charge in [-0.05, 0) is 147 Å². The van der Waals surface area contributed by atoms with Gasteiger partial charge in [0.05, 0.1) is 71.6 Å². The zero-order valence-electron chi connectivity index (χ0n) is 55.2. The highest BCUT2D eigenvalue weighted by molar-refractivity contribution is 6.01. The number of amides is 5. The first kappa shape index (κ1) is 73.7. The molecular formula is C71H95F2N5O17. The highest BCUT2D eigenvalue weighted by Crippen LogP contribution is 2.71. The van der Waals surface area contributed by atoms with Crippen LogP contribution in [-0.4, -0.2) is 173 Å². The van der Waals surface area contributed by atoms with Gasteiger partial charge in [-0.1, -0.05) is 45.9 Å². The van der Waals surface area contributed by atoms with Crippen LogP contribution >= 0.6 is 0 Å². The van der Waals surface area contributed by atoms with E-state index in [0.29, 0.717) is 87.4 Å². The summed E-state index contributed by atoms with van der Waals surface area (Å²) in [6.45, 7) is 10.8. The molecule has 24 heteroatoms. The van der Waals surface area contributed by atoms with Crippen molar-refractivity contribution in [3.05, 3.63) is 77.9 Å². The number of ketones is 4. The van der Waals surface area contributed by atoms with Gasteiger partial charge in [-0.3, -0.25) is 28.8 Å². The zero-order valence-corrected chi connectivity index (χ0v) is 55.2. The Hall–Kier alpha value is -7.14. The summed E-state index contributed by atoms with van der Waals surface area (Å²) >= 11 is 0. The Morgan fingerprint density at radius 3 is 2.03 bits per heavy atom. The number of aliphatic hydroxyl groups excluding tert-OH is 1. The Morgan fingerprint density at radius 2 is 1.40 bits per heavy atom. The van der Waals surface area contributed by atoms with Gasteiger partial charge < -0.3 is 70.4 Å². The van der Waals surface area contributed by atoms with Crippen molar-refractivity contribution in [2.45, 2.75) is 141 Å². The smallest absolute Gasteiger partial charge is 0.407 e. The highest BCUT2D eigenvalue weighted by atomic mass is 19.1. The topological polar surface area (TPSA) is 316 Å². The number of anilines is 1. The molecule has 0 saturated heterocycles. The average Bonchev–Trinajstić information content (AvgIpc) is 1.64. The molecule has 2 aromatic carbocycles. The van der Waals surface area contributed by atoms with E-state index in [9.17, 15) is 48.6 Å². The summed E-state index contributed by atoms with van der Waals surface area (Å²) in [6, 6.07) is 11.1. The molecule has 0 heterocycles. The van der Waals surface area contributed by atoms with Gasteiger partial charge >= 0.3 is 12.1 Å². The monoisotopic (exact) mass is 1330 g/mol. The second-order valence-corrected chi connectivity index (χ2v) is 26.9. The number of rotatable bonds is 37. The maximum absolute atomic E-state index is 17.6. The predicted molar refractivity (Wildman–Crippen MR) is 345 cm³/mol. The minimum absolute atomic E-state index is 0.00718. The van der Waals surface area contributed by atoms with E-state index < -0.39 is 106 Å². The van der Waals surface area contributed by atoms with Crippen molar-refractivity contribution in [3.8, 4) is 23.3 Å². The van der Waals surface area contributed by atoms with Gasteiger partial charge in [0, 0.05) is 73.5 Å². The molecule has 13 atom stereocenters. The lowest BCUT2D eigenvalue weighted by molar-refractivity contribution is -0.223. The van der Waals surface area contributed by atoms with Crippen molar-refractivity contribution < 1.29 is 90.5 Å². The lowest BCUT2D eigenvalue weighted by Gasteiger charge is -2.63. The minimum atomic E-state index is -2.35. The number of nitrogens with two attached hydrogens (primary N) is 1. The zero-order chi connectivity index (χ0) is 68.5. The van der Waals surface area contributed by atoms with Gasteiger partial charge in [0.1, 0.15) is 36.5 Å². The number of ether oxygens (including phenoxy) is 7. The molecule has 0 aromatic heterocycles. The summed E-state index contributed by atoms with van der Waals surface area (Å²) in [6.07, 6.45) is 3.82. The van der Waals surface area contributed by atoms with Crippen molar-refractivity contribution in [1.29, 1.82) is 0 Å². The normalized spacial score (nSPS) is 28.4. The summed E-state index contributed by atoms with van der Waals surface area (Å²) in [4.78, 5) is 103. The van der Waals surface area contributed by atoms with E-state index in [2.05, 4.69) is 33.1 Å². The molecule has 8 rings (SSSR count). The van der Waals surface area contributed by atoms with Crippen LogP contribution in [0.25, 0.3) is 0 Å². The molecule has 8 N–H and O–H groups in total. The Morgan fingerprint density at radius 1 is 0.789 bits per heavy atom. The summed E-state index contributed by atoms with van der Waals surface area (Å²) in [5.41, 5.74) is -1.07. The Balaban J connectivity index is 0.695. The number of carbonyl (C=O) groups is 8. The average molecular weight is 1330 g/mol. The van der Waals surface area contributed by atoms with Crippen molar-refractivity contribution in [3.63, 3.8) is 0 Å². The fourth-order valence-electron chi connectivity index (χ4n) is 15.2. The van der Waals surface area contributed by atoms with Crippen molar-refractivity contribution in [2.75, 3.05) is 91.1 Å². The number of nitrogens with one attached hydrogen (secondary N) is 4. The maximum atomic E-state index is 17.6. The van der Waals surface area contributed by atoms with E-state index in [1.165, 1.54) is 19.1 Å². The second kappa shape index (κ2) is 33.7. The van der Waals surface area contributed by atoms with Crippen LogP contribution in [0, 0.1) is 70.0 Å². The molecule has 95 heavy (non-hydrogen) atoms. The maximum Gasteiger partial charge on any atom is 0.407 e. The van der Waals surface area contributed by atoms with E-state index in [1.54, 1.807) is 76.2 Å². The Labute approximate surface area is 554 Å². The van der Waals surface area contributed by atoms with E-state index >= 15 is 8.78 Å². The highest BCUT2D eigenvalue weighted by Gasteiger charge is 2.76. The first-order valence-electron chi connectivity index (χ1n) is 33.4. The second-order valence-electron chi connectivity index (χ2n) is 26.9. The summed E-state index contributed by atoms with van der Waals surface area (Å²) in [5, 5.41) is 34.9. The van der Waals surface area contributed by atoms with Crippen LogP contribution in [0.1, 0.15) is 111 Å². The molecular weight excluding hydrogens is 1230 g/mol. The van der Waals surface area contributed by atoms with Crippen LogP contribution in [0.2, 0.25) is 0 Å². The quantitative estimate of drug-likeness (QED) is 0.0269. The molecule has 4 saturated carbocycles. The number of Topliss-reactive ketones (excluding diaryl/α,β-unsaturated/α-hetero) is 3. The van der Waals surface area contributed by atoms with Crippen molar-refractivity contribution >= 4 is 52.8 Å². The van der Waals surface area contributed by atoms with Gasteiger partial charge in [0.2, 0.25) is 17.6 Å². The van der Waals surface area contributed by atoms with E-state index in [1.807, 2.05) is 0 Å². The number of carbonyl (C=O) groups excluding carboxylic acids is 8. The molecule has 4 fully saturated rings. The number of fused-ring (bicyclic) bond motifs is 6. The number of alkyl halides is 2. The number of hydrogen-bond donors (Lipinski definition) is 7. The molecule has 2 unspecified atom stereocenters. The molecule has 5 amide bonds. The van der Waals surface area contributed by atoms with Crippen LogP contribution in [0.15, 0.2) is 72.3 Å². The lowest BCUT2D eigenvalue weighted by Crippen LogP contribution is -2.70. The SMILES string of the molecule is CC(C)[C@H](NC(=O)CCOCCOCCOCCOCCNC(=O)OCC1C2CCC#CCCC21)C(=O)C[C@@H](CCCNC(N)=O)C(=O)Nc1ccc(OCC(=O)Cc2ccc(OCC(=O)[C@@]3(O)[C@H](C)C[C@H]4[C@@H]5C[C@H](F)C6=CC(=O)C=C[C@]6(C)[C@@]5(F)[C@@H](O)C[C@@]43C)cc2)cc1. The molecule has 22 nitrogen and oxygen atoms in total. The van der Waals surface area contributed by atoms with Crippen LogP contribution in [0.3, 0.4) is 0 Å². The molecule has 0 radical (unpaired) electrons. The molecule has 6 aliphatic rings. The summed E-state index contributed by atoms with van der Waals surface area (Å²) in [5.74, 6) is 2.50. The fraction of sp³-hybridized carbons (Fsp3) is 0.634. The first-order chi connectivity index (χ1) is 45.4. The number of primary amides is 1. The third-order valence-corrected chi connectivity index (χ3v) is 20.4. The van der Waals surface area contributed by atoms with Crippen LogP contribution in [0.5, 0.6) is 11.5 Å². The van der Waals surface area contributed by atoms with Crippen LogP contribution in [0.4, 0.5) is 24.1 Å². The molecule has 0 aliphatic heterocycles. The fourth-order valence-corrected chi connectivity index (χ4v) is 15.2. The molecule has 0 spiro atoms. The Bertz CT molecular complexity index is 3140. The number of aliphatic hydroxyl groups is 2. The number of allylic oxidation sites excluding steroid dienone is 4. The number of alkyl carbamates (subject to hydrolysis) is 1. The van der Waals surface area contributed by atoms with E-state index in [0.717, 1.165) is 31.8 Å². The third kappa shape index (κ3) is 18.3. The van der Waals surface area contributed by atoms with Gasteiger partial charge in [0.15, 0.2) is 23.0 Å². The minimum Gasteiger partial charge on any atom is -0.486 e. The third-order valence-electron chi connectivity index (χ3n) is 20.4. The lowest BCUT2D eigenvalue weighted by atomic mass is 9.44. The van der Waals surface area contributed by atoms with Crippen molar-refractivity contribution in [2.24, 2.45) is 63.9 Å². The predicted octanol–water partition coefficient (Wildman–Crippen LogP) is 6.85. The summed E-state index contributed by atoms with van der Waals surface area (Å²) < 4.78 is 72.8. The van der Waals surface area contributed by atoms with Gasteiger partial charge in [0.25, 0.3) is 0 Å². The van der Waals surface area contributed by atoms with Crippen LogP contribution in [-0.2, 0) is 58.9 Å². The van der Waals surface area contributed by atoms with Gasteiger partial charge in [-0.15, -0.1) is 11.8 Å². The van der Waals surface area contributed by atoms with Crippen molar-refractivity contribution in [1.82, 2.24) is 16.0 Å². The molecule has 6 aliphatic carbocycles. The van der Waals surface area contributed by atoms with E-state index in [-0.39, 0.29) is 107 Å². The van der Waals surface area contributed by atoms with Gasteiger partial charge in [-0.2, -0.15) is 0 Å². The molecule has 520 valence electrons.